The van der Waals surface area contributed by atoms with Gasteiger partial charge in [-0.05, 0) is 76.0 Å². The molecule has 0 heterocycles. The van der Waals surface area contributed by atoms with Crippen molar-refractivity contribution in [2.75, 3.05) is 0 Å². The molecule has 0 saturated heterocycles. The van der Waals surface area contributed by atoms with Crippen LogP contribution in [0.1, 0.15) is 65.7 Å². The van der Waals surface area contributed by atoms with Crippen LogP contribution in [0.5, 0.6) is 0 Å². The second kappa shape index (κ2) is 4.89. The molecule has 146 valence electrons. The van der Waals surface area contributed by atoms with Crippen molar-refractivity contribution in [3.63, 3.8) is 0 Å². The average Bonchev–Trinajstić information content (AvgIpc) is 2.85. The molecule has 4 saturated carbocycles. The first kappa shape index (κ1) is 18.4. The highest BCUT2D eigenvalue weighted by Crippen LogP contribution is 2.74. The normalized spacial score (nSPS) is 58.8. The highest BCUT2D eigenvalue weighted by Gasteiger charge is 2.78. The fraction of sp³-hybridized carbons (Fsp3) is 0.900. The third kappa shape index (κ3) is 1.83. The summed E-state index contributed by atoms with van der Waals surface area (Å²) in [5, 5.41) is 43.4. The maximum Gasteiger partial charge on any atom is 0.317 e. The molecule has 0 aromatic heterocycles. The molecule has 1 spiro atoms. The van der Waals surface area contributed by atoms with Crippen LogP contribution in [0.25, 0.3) is 0 Å². The average molecular weight is 366 g/mol. The first-order valence-corrected chi connectivity index (χ1v) is 9.75. The third-order valence-electron chi connectivity index (χ3n) is 8.97. The Labute approximate surface area is 153 Å². The minimum absolute atomic E-state index is 0.0281. The second-order valence-corrected chi connectivity index (χ2v) is 10.3. The van der Waals surface area contributed by atoms with E-state index in [-0.39, 0.29) is 31.1 Å². The standard InChI is InChI=1S/C20H30O6/c1-16(15(23)24)7-6-13(21)18(3)12-5-4-11-8-19(12,9-17(11,2)25)10-20(18,26)14(16)22/h11-13,21,25-26H,4-10H2,1-3H3,(H,23,24)/t11-,12+,13+,16-,17-,18-,19-,20-/m1/s1. The van der Waals surface area contributed by atoms with Crippen molar-refractivity contribution in [1.82, 2.24) is 0 Å². The number of hydrogen-bond donors (Lipinski definition) is 4. The zero-order valence-corrected chi connectivity index (χ0v) is 15.8. The van der Waals surface area contributed by atoms with E-state index in [9.17, 15) is 30.0 Å². The smallest absolute Gasteiger partial charge is 0.317 e. The van der Waals surface area contributed by atoms with Gasteiger partial charge in [-0.25, -0.2) is 0 Å². The van der Waals surface area contributed by atoms with Gasteiger partial charge in [0.2, 0.25) is 0 Å². The zero-order valence-electron chi connectivity index (χ0n) is 15.8. The van der Waals surface area contributed by atoms with Crippen molar-refractivity contribution in [2.24, 2.45) is 28.1 Å². The molecular formula is C20H30O6. The summed E-state index contributed by atoms with van der Waals surface area (Å²) >= 11 is 0. The van der Waals surface area contributed by atoms with Crippen molar-refractivity contribution < 1.29 is 30.0 Å². The van der Waals surface area contributed by atoms with E-state index in [2.05, 4.69) is 0 Å². The fourth-order valence-corrected chi connectivity index (χ4v) is 7.51. The van der Waals surface area contributed by atoms with Crippen LogP contribution >= 0.6 is 0 Å². The lowest BCUT2D eigenvalue weighted by Crippen LogP contribution is -2.59. The molecule has 6 nitrogen and oxygen atoms in total. The van der Waals surface area contributed by atoms with Crippen molar-refractivity contribution in [2.45, 2.75) is 83.0 Å². The Kier molecular flexibility index (Phi) is 3.46. The van der Waals surface area contributed by atoms with Crippen LogP contribution in [0, 0.1) is 28.1 Å². The van der Waals surface area contributed by atoms with Gasteiger partial charge in [0.25, 0.3) is 0 Å². The number of aliphatic hydroxyl groups excluding tert-OH is 1. The molecule has 4 aliphatic carbocycles. The molecule has 26 heavy (non-hydrogen) atoms. The Morgan fingerprint density at radius 2 is 1.73 bits per heavy atom. The molecule has 4 fully saturated rings. The maximum absolute atomic E-state index is 13.4. The highest BCUT2D eigenvalue weighted by molar-refractivity contribution is 6.07. The molecular weight excluding hydrogens is 336 g/mol. The SMILES string of the molecule is C[C@@]1(C(=O)O)CC[C@H](O)[C@@]2(C)[C@@H]3CC[C@@H]4C[C@]3(C[C@@]2(O)C1=O)C[C@@]4(C)O. The van der Waals surface area contributed by atoms with E-state index < -0.39 is 45.3 Å². The largest absolute Gasteiger partial charge is 0.481 e. The van der Waals surface area contributed by atoms with Gasteiger partial charge in [-0.2, -0.15) is 0 Å². The van der Waals surface area contributed by atoms with E-state index in [1.807, 2.05) is 6.92 Å². The van der Waals surface area contributed by atoms with Crippen LogP contribution in [0.4, 0.5) is 0 Å². The second-order valence-electron chi connectivity index (χ2n) is 10.3. The van der Waals surface area contributed by atoms with E-state index in [1.165, 1.54) is 6.92 Å². The van der Waals surface area contributed by atoms with Gasteiger partial charge in [0.15, 0.2) is 5.78 Å². The number of aliphatic hydroxyl groups is 3. The maximum atomic E-state index is 13.4. The zero-order chi connectivity index (χ0) is 19.3. The summed E-state index contributed by atoms with van der Waals surface area (Å²) in [5.41, 5.74) is -5.91. The van der Waals surface area contributed by atoms with Gasteiger partial charge in [-0.1, -0.05) is 6.92 Å². The van der Waals surface area contributed by atoms with Crippen LogP contribution < -0.4 is 0 Å². The number of fused-ring (bicyclic) bond motifs is 3. The molecule has 6 heteroatoms. The van der Waals surface area contributed by atoms with E-state index in [4.69, 9.17) is 0 Å². The molecule has 0 aromatic rings. The third-order valence-corrected chi connectivity index (χ3v) is 8.97. The van der Waals surface area contributed by atoms with Crippen LogP contribution in [0.2, 0.25) is 0 Å². The number of aliphatic carboxylic acids is 1. The van der Waals surface area contributed by atoms with Crippen molar-refractivity contribution in [3.8, 4) is 0 Å². The molecule has 2 bridgehead atoms. The molecule has 0 amide bonds. The van der Waals surface area contributed by atoms with Gasteiger partial charge in [0, 0.05) is 5.41 Å². The predicted octanol–water partition coefficient (Wildman–Crippen LogP) is 1.50. The summed E-state index contributed by atoms with van der Waals surface area (Å²) in [7, 11) is 0. The number of carboxylic acids is 1. The fourth-order valence-electron chi connectivity index (χ4n) is 7.51. The topological polar surface area (TPSA) is 115 Å². The Morgan fingerprint density at radius 3 is 2.35 bits per heavy atom. The van der Waals surface area contributed by atoms with Gasteiger partial charge in [0.1, 0.15) is 11.0 Å². The summed E-state index contributed by atoms with van der Waals surface area (Å²) in [6.07, 6.45) is 2.19. The molecule has 0 aliphatic heterocycles. The number of carbonyl (C=O) groups is 2. The lowest BCUT2D eigenvalue weighted by atomic mass is 9.59. The van der Waals surface area contributed by atoms with E-state index in [0.29, 0.717) is 6.42 Å². The number of carbonyl (C=O) groups excluding carboxylic acids is 1. The predicted molar refractivity (Wildman–Crippen MR) is 92.2 cm³/mol. The summed E-state index contributed by atoms with van der Waals surface area (Å²) < 4.78 is 0. The van der Waals surface area contributed by atoms with Crippen LogP contribution in [0.3, 0.4) is 0 Å². The van der Waals surface area contributed by atoms with Gasteiger partial charge < -0.3 is 20.4 Å². The molecule has 0 aromatic carbocycles. The summed E-state index contributed by atoms with van der Waals surface area (Å²) in [4.78, 5) is 25.3. The van der Waals surface area contributed by atoms with Crippen LogP contribution in [-0.2, 0) is 9.59 Å². The van der Waals surface area contributed by atoms with Gasteiger partial charge in [-0.3, -0.25) is 9.59 Å². The Morgan fingerprint density at radius 1 is 1.08 bits per heavy atom. The molecule has 0 radical (unpaired) electrons. The minimum atomic E-state index is -1.88. The van der Waals surface area contributed by atoms with Crippen LogP contribution in [0.15, 0.2) is 0 Å². The first-order chi connectivity index (χ1) is 11.8. The van der Waals surface area contributed by atoms with Gasteiger partial charge >= 0.3 is 5.97 Å². The van der Waals surface area contributed by atoms with E-state index >= 15 is 0 Å². The summed E-state index contributed by atoms with van der Waals surface area (Å²) in [5.74, 6) is -1.87. The monoisotopic (exact) mass is 366 g/mol. The number of hydrogen-bond acceptors (Lipinski definition) is 5. The Hall–Kier alpha value is -0.980. The lowest BCUT2D eigenvalue weighted by Gasteiger charge is -2.47. The lowest BCUT2D eigenvalue weighted by molar-refractivity contribution is -0.175. The van der Waals surface area contributed by atoms with Gasteiger partial charge in [-0.15, -0.1) is 0 Å². The molecule has 8 atom stereocenters. The summed E-state index contributed by atoms with van der Waals surface area (Å²) in [6.45, 7) is 4.98. The Balaban J connectivity index is 1.88. The minimum Gasteiger partial charge on any atom is -0.481 e. The van der Waals surface area contributed by atoms with Crippen molar-refractivity contribution in [1.29, 1.82) is 0 Å². The number of Topliss-reactive ketones (excluding diaryl/α,β-unsaturated/α-hetero) is 1. The van der Waals surface area contributed by atoms with Crippen molar-refractivity contribution >= 4 is 11.8 Å². The molecule has 4 rings (SSSR count). The number of rotatable bonds is 1. The number of carboxylic acid groups (broad SMARTS) is 1. The summed E-state index contributed by atoms with van der Waals surface area (Å²) in [6, 6.07) is 0. The van der Waals surface area contributed by atoms with E-state index in [1.54, 1.807) is 6.92 Å². The molecule has 4 N–H and O–H groups in total. The molecule has 0 unspecified atom stereocenters. The quantitative estimate of drug-likeness (QED) is 0.523. The first-order valence-electron chi connectivity index (χ1n) is 9.75. The Bertz CT molecular complexity index is 688. The van der Waals surface area contributed by atoms with Crippen LogP contribution in [-0.4, -0.2) is 49.5 Å². The molecule has 4 aliphatic rings. The van der Waals surface area contributed by atoms with Gasteiger partial charge in [0.05, 0.1) is 11.7 Å². The van der Waals surface area contributed by atoms with Crippen molar-refractivity contribution in [3.05, 3.63) is 0 Å². The van der Waals surface area contributed by atoms with E-state index in [0.717, 1.165) is 19.3 Å². The number of ketones is 1. The highest BCUT2D eigenvalue weighted by atomic mass is 16.4.